The fraction of sp³-hybridized carbons (Fsp3) is 0.625. The van der Waals surface area contributed by atoms with Crippen molar-refractivity contribution in [3.05, 3.63) is 12.2 Å². The first-order valence-electron chi connectivity index (χ1n) is 3.37. The van der Waals surface area contributed by atoms with E-state index in [1.165, 1.54) is 0 Å². The molecule has 1 N–H and O–H groups in total. The lowest BCUT2D eigenvalue weighted by molar-refractivity contribution is -0.139. The van der Waals surface area contributed by atoms with Crippen LogP contribution < -0.4 is 0 Å². The number of carbonyl (C=O) groups is 1. The standard InChI is InChI=1S/C8H12O2/c1-5(2)8(3)4-6(8)7(9)10/h6H,1,4H2,2-3H3,(H,9,10)/t6-,8+/m0/s1. The lowest BCUT2D eigenvalue weighted by atomic mass is 9.98. The van der Waals surface area contributed by atoms with Crippen molar-refractivity contribution in [1.82, 2.24) is 0 Å². The maximum Gasteiger partial charge on any atom is 0.307 e. The highest BCUT2D eigenvalue weighted by molar-refractivity contribution is 5.75. The molecule has 1 aliphatic carbocycles. The summed E-state index contributed by atoms with van der Waals surface area (Å²) in [4.78, 5) is 10.4. The van der Waals surface area contributed by atoms with Crippen molar-refractivity contribution in [3.8, 4) is 0 Å². The van der Waals surface area contributed by atoms with E-state index in [0.29, 0.717) is 0 Å². The van der Waals surface area contributed by atoms with Crippen LogP contribution in [0.4, 0.5) is 0 Å². The monoisotopic (exact) mass is 140 g/mol. The molecule has 2 nitrogen and oxygen atoms in total. The van der Waals surface area contributed by atoms with Gasteiger partial charge >= 0.3 is 5.97 Å². The third-order valence-corrected chi connectivity index (χ3v) is 2.51. The molecule has 1 rings (SSSR count). The van der Waals surface area contributed by atoms with Crippen LogP contribution in [0, 0.1) is 11.3 Å². The Kier molecular flexibility index (Phi) is 1.35. The van der Waals surface area contributed by atoms with E-state index in [0.717, 1.165) is 12.0 Å². The molecule has 2 atom stereocenters. The van der Waals surface area contributed by atoms with Crippen LogP contribution in [0.5, 0.6) is 0 Å². The van der Waals surface area contributed by atoms with Gasteiger partial charge in [0.15, 0.2) is 0 Å². The SMILES string of the molecule is C=C(C)[C@@]1(C)C[C@H]1C(=O)O. The zero-order valence-electron chi connectivity index (χ0n) is 6.35. The molecule has 0 aromatic heterocycles. The molecule has 0 amide bonds. The molecule has 0 aromatic carbocycles. The van der Waals surface area contributed by atoms with Gasteiger partial charge in [-0.2, -0.15) is 0 Å². The van der Waals surface area contributed by atoms with Gasteiger partial charge in [0.25, 0.3) is 0 Å². The van der Waals surface area contributed by atoms with Crippen molar-refractivity contribution in [2.75, 3.05) is 0 Å². The molecule has 0 heterocycles. The first kappa shape index (κ1) is 7.32. The van der Waals surface area contributed by atoms with E-state index in [-0.39, 0.29) is 11.3 Å². The fourth-order valence-corrected chi connectivity index (χ4v) is 1.20. The number of carboxylic acids is 1. The van der Waals surface area contributed by atoms with Gasteiger partial charge in [-0.05, 0) is 13.3 Å². The molecule has 0 unspecified atom stereocenters. The Morgan fingerprint density at radius 1 is 1.80 bits per heavy atom. The maximum atomic E-state index is 10.4. The molecule has 0 radical (unpaired) electrons. The van der Waals surface area contributed by atoms with Crippen molar-refractivity contribution < 1.29 is 9.90 Å². The quantitative estimate of drug-likeness (QED) is 0.592. The van der Waals surface area contributed by atoms with Crippen LogP contribution in [0.2, 0.25) is 0 Å². The molecule has 0 saturated heterocycles. The fourth-order valence-electron chi connectivity index (χ4n) is 1.20. The Hall–Kier alpha value is -0.790. The van der Waals surface area contributed by atoms with Crippen molar-refractivity contribution in [2.45, 2.75) is 20.3 Å². The topological polar surface area (TPSA) is 37.3 Å². The minimum atomic E-state index is -0.689. The summed E-state index contributed by atoms with van der Waals surface area (Å²) in [6, 6.07) is 0. The minimum Gasteiger partial charge on any atom is -0.481 e. The summed E-state index contributed by atoms with van der Waals surface area (Å²) in [6.45, 7) is 7.60. The first-order chi connectivity index (χ1) is 4.48. The van der Waals surface area contributed by atoms with E-state index in [2.05, 4.69) is 6.58 Å². The second kappa shape index (κ2) is 1.84. The zero-order chi connectivity index (χ0) is 7.94. The predicted octanol–water partition coefficient (Wildman–Crippen LogP) is 1.67. The Morgan fingerprint density at radius 2 is 2.30 bits per heavy atom. The predicted molar refractivity (Wildman–Crippen MR) is 38.7 cm³/mol. The second-order valence-corrected chi connectivity index (χ2v) is 3.29. The van der Waals surface area contributed by atoms with E-state index in [9.17, 15) is 4.79 Å². The molecule has 1 fully saturated rings. The van der Waals surface area contributed by atoms with Crippen LogP contribution in [0.3, 0.4) is 0 Å². The number of carboxylic acid groups (broad SMARTS) is 1. The number of allylic oxidation sites excluding steroid dienone is 1. The van der Waals surface area contributed by atoms with Gasteiger partial charge in [0.2, 0.25) is 0 Å². The molecular formula is C8H12O2. The van der Waals surface area contributed by atoms with Gasteiger partial charge in [-0.25, -0.2) is 0 Å². The second-order valence-electron chi connectivity index (χ2n) is 3.29. The maximum absolute atomic E-state index is 10.4. The smallest absolute Gasteiger partial charge is 0.307 e. The molecule has 56 valence electrons. The van der Waals surface area contributed by atoms with Crippen LogP contribution in [0.25, 0.3) is 0 Å². The molecule has 1 aliphatic rings. The third-order valence-electron chi connectivity index (χ3n) is 2.51. The van der Waals surface area contributed by atoms with Gasteiger partial charge in [-0.3, -0.25) is 4.79 Å². The molecule has 1 saturated carbocycles. The largest absolute Gasteiger partial charge is 0.481 e. The highest BCUT2D eigenvalue weighted by Gasteiger charge is 2.55. The molecule has 2 heteroatoms. The summed E-state index contributed by atoms with van der Waals surface area (Å²) >= 11 is 0. The summed E-state index contributed by atoms with van der Waals surface area (Å²) in [5, 5.41) is 8.60. The zero-order valence-corrected chi connectivity index (χ0v) is 6.35. The number of aliphatic carboxylic acids is 1. The number of rotatable bonds is 2. The molecule has 0 aliphatic heterocycles. The third kappa shape index (κ3) is 0.838. The average molecular weight is 140 g/mol. The van der Waals surface area contributed by atoms with E-state index in [4.69, 9.17) is 5.11 Å². The highest BCUT2D eigenvalue weighted by Crippen LogP contribution is 2.56. The molecular weight excluding hydrogens is 128 g/mol. The molecule has 10 heavy (non-hydrogen) atoms. The Morgan fingerprint density at radius 3 is 2.40 bits per heavy atom. The van der Waals surface area contributed by atoms with Crippen LogP contribution in [0.1, 0.15) is 20.3 Å². The highest BCUT2D eigenvalue weighted by atomic mass is 16.4. The van der Waals surface area contributed by atoms with Crippen LogP contribution >= 0.6 is 0 Å². The van der Waals surface area contributed by atoms with Gasteiger partial charge in [-0.1, -0.05) is 19.1 Å². The van der Waals surface area contributed by atoms with Gasteiger partial charge < -0.3 is 5.11 Å². The molecule has 0 bridgehead atoms. The summed E-state index contributed by atoms with van der Waals surface area (Å²) < 4.78 is 0. The Labute approximate surface area is 60.6 Å². The number of hydrogen-bond donors (Lipinski definition) is 1. The average Bonchev–Trinajstić information content (AvgIpc) is 2.43. The lowest BCUT2D eigenvalue weighted by Crippen LogP contribution is -2.07. The van der Waals surface area contributed by atoms with Crippen molar-refractivity contribution in [3.63, 3.8) is 0 Å². The van der Waals surface area contributed by atoms with Gasteiger partial charge in [0.05, 0.1) is 5.92 Å². The van der Waals surface area contributed by atoms with E-state index in [1.807, 2.05) is 13.8 Å². The first-order valence-corrected chi connectivity index (χ1v) is 3.37. The summed E-state index contributed by atoms with van der Waals surface area (Å²) in [5.41, 5.74) is 0.881. The Bertz CT molecular complexity index is 195. The van der Waals surface area contributed by atoms with Crippen LogP contribution in [-0.2, 0) is 4.79 Å². The summed E-state index contributed by atoms with van der Waals surface area (Å²) in [7, 11) is 0. The van der Waals surface area contributed by atoms with Gasteiger partial charge in [-0.15, -0.1) is 0 Å². The van der Waals surface area contributed by atoms with E-state index in [1.54, 1.807) is 0 Å². The van der Waals surface area contributed by atoms with Gasteiger partial charge in [0, 0.05) is 5.41 Å². The summed E-state index contributed by atoms with van der Waals surface area (Å²) in [5.74, 6) is -0.865. The van der Waals surface area contributed by atoms with E-state index >= 15 is 0 Å². The normalized spacial score (nSPS) is 37.2. The van der Waals surface area contributed by atoms with Crippen molar-refractivity contribution in [1.29, 1.82) is 0 Å². The lowest BCUT2D eigenvalue weighted by Gasteiger charge is -2.06. The van der Waals surface area contributed by atoms with Gasteiger partial charge in [0.1, 0.15) is 0 Å². The molecule has 0 aromatic rings. The molecule has 0 spiro atoms. The van der Waals surface area contributed by atoms with Crippen LogP contribution in [-0.4, -0.2) is 11.1 Å². The minimum absolute atomic E-state index is 0.105. The van der Waals surface area contributed by atoms with E-state index < -0.39 is 5.97 Å². The Balaban J connectivity index is 2.65. The van der Waals surface area contributed by atoms with Crippen molar-refractivity contribution >= 4 is 5.97 Å². The summed E-state index contributed by atoms with van der Waals surface area (Å²) in [6.07, 6.45) is 0.762. The number of hydrogen-bond acceptors (Lipinski definition) is 1. The van der Waals surface area contributed by atoms with Crippen molar-refractivity contribution in [2.24, 2.45) is 11.3 Å². The van der Waals surface area contributed by atoms with Crippen LogP contribution in [0.15, 0.2) is 12.2 Å².